The van der Waals surface area contributed by atoms with Crippen molar-refractivity contribution in [2.75, 3.05) is 13.7 Å². The molecular formula is C14H25NO6. The molecule has 7 nitrogen and oxygen atoms in total. The molecule has 0 aliphatic rings. The molecule has 1 N–H and O–H groups in total. The van der Waals surface area contributed by atoms with Crippen LogP contribution in [-0.2, 0) is 23.8 Å². The van der Waals surface area contributed by atoms with Crippen molar-refractivity contribution in [2.24, 2.45) is 0 Å². The van der Waals surface area contributed by atoms with Crippen LogP contribution in [0.25, 0.3) is 0 Å². The predicted molar refractivity (Wildman–Crippen MR) is 75.7 cm³/mol. The van der Waals surface area contributed by atoms with Crippen molar-refractivity contribution in [2.45, 2.75) is 58.6 Å². The van der Waals surface area contributed by atoms with Crippen LogP contribution in [0.15, 0.2) is 0 Å². The summed E-state index contributed by atoms with van der Waals surface area (Å²) in [6, 6.07) is -1.13. The molecule has 1 unspecified atom stereocenters. The average molecular weight is 303 g/mol. The van der Waals surface area contributed by atoms with E-state index in [1.165, 1.54) is 7.11 Å². The largest absolute Gasteiger partial charge is 0.467 e. The fourth-order valence-corrected chi connectivity index (χ4v) is 1.34. The molecule has 0 aliphatic carbocycles. The van der Waals surface area contributed by atoms with Crippen LogP contribution in [0.2, 0.25) is 0 Å². The lowest BCUT2D eigenvalue weighted by Gasteiger charge is -2.22. The fourth-order valence-electron chi connectivity index (χ4n) is 1.34. The molecule has 0 bridgehead atoms. The number of esters is 2. The number of ether oxygens (including phenoxy) is 3. The summed E-state index contributed by atoms with van der Waals surface area (Å²) in [7, 11) is 1.18. The number of hydrogen-bond acceptors (Lipinski definition) is 6. The fraction of sp³-hybridized carbons (Fsp3) is 0.786. The van der Waals surface area contributed by atoms with Crippen LogP contribution in [0.1, 0.15) is 47.0 Å². The normalized spacial score (nSPS) is 12.2. The summed E-state index contributed by atoms with van der Waals surface area (Å²) in [4.78, 5) is 34.8. The maximum Gasteiger partial charge on any atom is 0.408 e. The van der Waals surface area contributed by atoms with Crippen molar-refractivity contribution >= 4 is 18.0 Å². The van der Waals surface area contributed by atoms with Crippen molar-refractivity contribution in [3.63, 3.8) is 0 Å². The Bertz CT molecular complexity index is 361. The number of rotatable bonds is 7. The lowest BCUT2D eigenvalue weighted by atomic mass is 10.2. The SMILES string of the molecule is CCCCOC(=O)CC(NC(=O)OC(C)(C)C)C(=O)OC. The summed E-state index contributed by atoms with van der Waals surface area (Å²) >= 11 is 0. The zero-order chi connectivity index (χ0) is 16.5. The quantitative estimate of drug-likeness (QED) is 0.438. The van der Waals surface area contributed by atoms with Crippen LogP contribution in [0.4, 0.5) is 4.79 Å². The Labute approximate surface area is 125 Å². The van der Waals surface area contributed by atoms with Gasteiger partial charge in [-0.3, -0.25) is 4.79 Å². The van der Waals surface area contributed by atoms with Crippen molar-refractivity contribution < 1.29 is 28.6 Å². The van der Waals surface area contributed by atoms with Crippen molar-refractivity contribution in [3.8, 4) is 0 Å². The molecule has 0 aromatic heterocycles. The van der Waals surface area contributed by atoms with Crippen molar-refractivity contribution in [3.05, 3.63) is 0 Å². The van der Waals surface area contributed by atoms with Crippen LogP contribution in [0.5, 0.6) is 0 Å². The van der Waals surface area contributed by atoms with Gasteiger partial charge in [-0.05, 0) is 27.2 Å². The van der Waals surface area contributed by atoms with E-state index < -0.39 is 29.7 Å². The number of hydrogen-bond donors (Lipinski definition) is 1. The highest BCUT2D eigenvalue weighted by molar-refractivity contribution is 5.86. The number of methoxy groups -OCH3 is 1. The van der Waals surface area contributed by atoms with Gasteiger partial charge in [0.1, 0.15) is 11.6 Å². The number of carbonyl (C=O) groups excluding carboxylic acids is 3. The highest BCUT2D eigenvalue weighted by atomic mass is 16.6. The van der Waals surface area contributed by atoms with Crippen LogP contribution >= 0.6 is 0 Å². The second-order valence-corrected chi connectivity index (χ2v) is 5.50. The number of unbranched alkanes of at least 4 members (excludes halogenated alkanes) is 1. The molecule has 0 aromatic rings. The first kappa shape index (κ1) is 19.2. The minimum atomic E-state index is -1.13. The first-order valence-corrected chi connectivity index (χ1v) is 6.92. The maximum absolute atomic E-state index is 11.6. The summed E-state index contributed by atoms with van der Waals surface area (Å²) in [6.07, 6.45) is 0.549. The van der Waals surface area contributed by atoms with Gasteiger partial charge in [0.05, 0.1) is 20.1 Å². The van der Waals surface area contributed by atoms with E-state index in [9.17, 15) is 14.4 Å². The first-order valence-electron chi connectivity index (χ1n) is 6.92. The third-order valence-corrected chi connectivity index (χ3v) is 2.31. The standard InChI is InChI=1S/C14H25NO6/c1-6-7-8-20-11(16)9-10(12(17)19-5)15-13(18)21-14(2,3)4/h10H,6-9H2,1-5H3,(H,15,18). The highest BCUT2D eigenvalue weighted by Gasteiger charge is 2.27. The molecule has 0 radical (unpaired) electrons. The van der Waals surface area contributed by atoms with Gasteiger partial charge in [-0.25, -0.2) is 9.59 Å². The number of alkyl carbamates (subject to hydrolysis) is 1. The van der Waals surface area contributed by atoms with Crippen LogP contribution < -0.4 is 5.32 Å². The monoisotopic (exact) mass is 303 g/mol. The summed E-state index contributed by atoms with van der Waals surface area (Å²) in [5.41, 5.74) is -0.702. The van der Waals surface area contributed by atoms with E-state index in [0.717, 1.165) is 12.8 Å². The zero-order valence-corrected chi connectivity index (χ0v) is 13.4. The topological polar surface area (TPSA) is 90.9 Å². The van der Waals surface area contributed by atoms with Gasteiger partial charge in [0.15, 0.2) is 0 Å². The van der Waals surface area contributed by atoms with Gasteiger partial charge in [0, 0.05) is 0 Å². The van der Waals surface area contributed by atoms with E-state index in [0.29, 0.717) is 0 Å². The smallest absolute Gasteiger partial charge is 0.408 e. The first-order chi connectivity index (χ1) is 9.69. The molecule has 0 aliphatic heterocycles. The van der Waals surface area contributed by atoms with E-state index in [2.05, 4.69) is 10.1 Å². The lowest BCUT2D eigenvalue weighted by Crippen LogP contribution is -2.45. The van der Waals surface area contributed by atoms with Gasteiger partial charge in [0.2, 0.25) is 0 Å². The second kappa shape index (κ2) is 9.20. The molecule has 1 atom stereocenters. The van der Waals surface area contributed by atoms with E-state index in [4.69, 9.17) is 9.47 Å². The Hall–Kier alpha value is -1.79. The van der Waals surface area contributed by atoms with Gasteiger partial charge < -0.3 is 19.5 Å². The summed E-state index contributed by atoms with van der Waals surface area (Å²) in [6.45, 7) is 7.33. The second-order valence-electron chi connectivity index (χ2n) is 5.50. The number of amides is 1. The Kier molecular flexibility index (Phi) is 8.42. The maximum atomic E-state index is 11.6. The van der Waals surface area contributed by atoms with Crippen molar-refractivity contribution in [1.82, 2.24) is 5.32 Å². The Balaban J connectivity index is 4.49. The number of nitrogens with one attached hydrogen (secondary N) is 1. The minimum absolute atomic E-state index is 0.287. The molecule has 0 heterocycles. The molecule has 0 saturated heterocycles. The molecule has 1 amide bonds. The molecule has 0 fully saturated rings. The van der Waals surface area contributed by atoms with E-state index in [1.54, 1.807) is 20.8 Å². The van der Waals surface area contributed by atoms with Gasteiger partial charge in [-0.2, -0.15) is 0 Å². The Morgan fingerprint density at radius 1 is 1.19 bits per heavy atom. The molecule has 0 rings (SSSR count). The molecule has 0 aromatic carbocycles. The Morgan fingerprint density at radius 2 is 1.81 bits per heavy atom. The van der Waals surface area contributed by atoms with Gasteiger partial charge >= 0.3 is 18.0 Å². The van der Waals surface area contributed by atoms with E-state index >= 15 is 0 Å². The molecule has 0 saturated carbocycles. The molecule has 21 heavy (non-hydrogen) atoms. The lowest BCUT2D eigenvalue weighted by molar-refractivity contribution is -0.151. The highest BCUT2D eigenvalue weighted by Crippen LogP contribution is 2.08. The van der Waals surface area contributed by atoms with Gasteiger partial charge in [-0.15, -0.1) is 0 Å². The van der Waals surface area contributed by atoms with Crippen LogP contribution in [-0.4, -0.2) is 43.4 Å². The van der Waals surface area contributed by atoms with Gasteiger partial charge in [0.25, 0.3) is 0 Å². The summed E-state index contributed by atoms with van der Waals surface area (Å²) in [5.74, 6) is -1.30. The third kappa shape index (κ3) is 9.70. The third-order valence-electron chi connectivity index (χ3n) is 2.31. The molecule has 122 valence electrons. The zero-order valence-electron chi connectivity index (χ0n) is 13.4. The van der Waals surface area contributed by atoms with Crippen LogP contribution in [0, 0.1) is 0 Å². The summed E-state index contributed by atoms with van der Waals surface area (Å²) in [5, 5.41) is 2.31. The Morgan fingerprint density at radius 3 is 2.29 bits per heavy atom. The van der Waals surface area contributed by atoms with E-state index in [-0.39, 0.29) is 13.0 Å². The van der Waals surface area contributed by atoms with Crippen LogP contribution in [0.3, 0.4) is 0 Å². The average Bonchev–Trinajstić information content (AvgIpc) is 2.35. The molecular weight excluding hydrogens is 278 g/mol. The molecule has 0 spiro atoms. The number of carbonyl (C=O) groups is 3. The molecule has 7 heteroatoms. The minimum Gasteiger partial charge on any atom is -0.467 e. The summed E-state index contributed by atoms with van der Waals surface area (Å²) < 4.78 is 14.5. The van der Waals surface area contributed by atoms with E-state index in [1.807, 2.05) is 6.92 Å². The van der Waals surface area contributed by atoms with Crippen molar-refractivity contribution in [1.29, 1.82) is 0 Å². The predicted octanol–water partition coefficient (Wildman–Crippen LogP) is 1.79. The van der Waals surface area contributed by atoms with Gasteiger partial charge in [-0.1, -0.05) is 13.3 Å².